The van der Waals surface area contributed by atoms with Gasteiger partial charge in [-0.15, -0.1) is 6.58 Å². The zero-order valence-corrected chi connectivity index (χ0v) is 7.17. The fraction of sp³-hybridized carbons (Fsp3) is 0.625. The molecule has 3 nitrogen and oxygen atoms in total. The minimum Gasteiger partial charge on any atom is -0.479 e. The Hall–Kier alpha value is -0.990. The molecule has 0 saturated heterocycles. The minimum absolute atomic E-state index is 0.563. The van der Waals surface area contributed by atoms with Crippen molar-refractivity contribution in [3.05, 3.63) is 12.7 Å². The van der Waals surface area contributed by atoms with Crippen LogP contribution in [0, 0.1) is 0 Å². The Kier molecular flexibility index (Phi) is 6.48. The van der Waals surface area contributed by atoms with Crippen LogP contribution in [0.25, 0.3) is 0 Å². The molecule has 64 valence electrons. The second-order valence-electron chi connectivity index (χ2n) is 1.83. The van der Waals surface area contributed by atoms with Crippen LogP contribution >= 0.6 is 0 Å². The molecular formula is C8H15NO2. The van der Waals surface area contributed by atoms with Gasteiger partial charge >= 0.3 is 0 Å². The third-order valence-corrected chi connectivity index (χ3v) is 0.925. The summed E-state index contributed by atoms with van der Waals surface area (Å²) in [5.41, 5.74) is 0. The first-order valence-electron chi connectivity index (χ1n) is 3.77. The van der Waals surface area contributed by atoms with E-state index in [0.29, 0.717) is 25.5 Å². The molecule has 0 fully saturated rings. The van der Waals surface area contributed by atoms with Gasteiger partial charge in [0.15, 0.2) is 0 Å². The van der Waals surface area contributed by atoms with Gasteiger partial charge in [-0.3, -0.25) is 0 Å². The van der Waals surface area contributed by atoms with Crippen molar-refractivity contribution in [3.8, 4) is 0 Å². The maximum absolute atomic E-state index is 5.14. The minimum atomic E-state index is 0.563. The van der Waals surface area contributed by atoms with E-state index in [1.807, 2.05) is 13.8 Å². The van der Waals surface area contributed by atoms with E-state index in [-0.39, 0.29) is 0 Å². The Balaban J connectivity index is 3.74. The molecule has 0 heterocycles. The molecule has 0 aliphatic carbocycles. The molecule has 0 rings (SSSR count). The molecular weight excluding hydrogens is 142 g/mol. The summed E-state index contributed by atoms with van der Waals surface area (Å²) in [6, 6.07) is 0. The number of hydrogen-bond donors (Lipinski definition) is 0. The molecule has 0 radical (unpaired) electrons. The van der Waals surface area contributed by atoms with Crippen molar-refractivity contribution in [3.63, 3.8) is 0 Å². The zero-order valence-electron chi connectivity index (χ0n) is 7.17. The summed E-state index contributed by atoms with van der Waals surface area (Å²) in [7, 11) is 0. The molecule has 0 aromatic heterocycles. The van der Waals surface area contributed by atoms with Gasteiger partial charge in [0.2, 0.25) is 5.90 Å². The van der Waals surface area contributed by atoms with Crippen molar-refractivity contribution < 1.29 is 9.57 Å². The van der Waals surface area contributed by atoms with Crippen molar-refractivity contribution in [1.82, 2.24) is 0 Å². The molecule has 0 aromatic rings. The smallest absolute Gasteiger partial charge is 0.229 e. The lowest BCUT2D eigenvalue weighted by molar-refractivity contribution is 0.144. The van der Waals surface area contributed by atoms with Gasteiger partial charge in [0.25, 0.3) is 0 Å². The Morgan fingerprint density at radius 3 is 2.64 bits per heavy atom. The van der Waals surface area contributed by atoms with E-state index in [1.54, 1.807) is 6.08 Å². The van der Waals surface area contributed by atoms with Crippen LogP contribution in [0.1, 0.15) is 20.3 Å². The lowest BCUT2D eigenvalue weighted by Gasteiger charge is -2.03. The molecule has 0 atom stereocenters. The van der Waals surface area contributed by atoms with Crippen LogP contribution in [0.4, 0.5) is 0 Å². The van der Waals surface area contributed by atoms with Gasteiger partial charge in [0.1, 0.15) is 6.61 Å². The van der Waals surface area contributed by atoms with Crippen molar-refractivity contribution in [2.75, 3.05) is 13.2 Å². The highest BCUT2D eigenvalue weighted by Gasteiger charge is 1.95. The van der Waals surface area contributed by atoms with Crippen molar-refractivity contribution >= 4 is 5.90 Å². The van der Waals surface area contributed by atoms with Crippen LogP contribution in [0.5, 0.6) is 0 Å². The van der Waals surface area contributed by atoms with Gasteiger partial charge in [0, 0.05) is 6.42 Å². The zero-order chi connectivity index (χ0) is 8.53. The summed E-state index contributed by atoms with van der Waals surface area (Å²) in [5, 5.41) is 3.74. The number of rotatable bonds is 5. The lowest BCUT2D eigenvalue weighted by atomic mass is 10.4. The van der Waals surface area contributed by atoms with Gasteiger partial charge in [0.05, 0.1) is 6.61 Å². The van der Waals surface area contributed by atoms with Crippen molar-refractivity contribution in [2.45, 2.75) is 20.3 Å². The summed E-state index contributed by atoms with van der Waals surface area (Å²) in [4.78, 5) is 4.82. The van der Waals surface area contributed by atoms with E-state index >= 15 is 0 Å². The van der Waals surface area contributed by atoms with Crippen LogP contribution < -0.4 is 0 Å². The van der Waals surface area contributed by atoms with E-state index in [1.165, 1.54) is 0 Å². The maximum atomic E-state index is 5.14. The van der Waals surface area contributed by atoms with Crippen LogP contribution in [0.15, 0.2) is 17.8 Å². The fourth-order valence-electron chi connectivity index (χ4n) is 0.549. The molecule has 0 unspecified atom stereocenters. The fourth-order valence-corrected chi connectivity index (χ4v) is 0.549. The van der Waals surface area contributed by atoms with E-state index in [2.05, 4.69) is 11.7 Å². The van der Waals surface area contributed by atoms with Gasteiger partial charge < -0.3 is 9.57 Å². The predicted molar refractivity (Wildman–Crippen MR) is 45.5 cm³/mol. The number of ether oxygens (including phenoxy) is 1. The largest absolute Gasteiger partial charge is 0.479 e. The quantitative estimate of drug-likeness (QED) is 0.264. The third kappa shape index (κ3) is 5.45. The summed E-state index contributed by atoms with van der Waals surface area (Å²) >= 11 is 0. The van der Waals surface area contributed by atoms with Crippen LogP contribution in [-0.2, 0) is 9.57 Å². The van der Waals surface area contributed by atoms with E-state index in [9.17, 15) is 0 Å². The molecule has 0 bridgehead atoms. The average molecular weight is 157 g/mol. The van der Waals surface area contributed by atoms with Crippen LogP contribution in [0.3, 0.4) is 0 Å². The third-order valence-electron chi connectivity index (χ3n) is 0.925. The van der Waals surface area contributed by atoms with Gasteiger partial charge in [-0.05, 0) is 13.8 Å². The molecule has 0 aliphatic heterocycles. The monoisotopic (exact) mass is 157 g/mol. The number of nitrogens with zero attached hydrogens (tertiary/aromatic N) is 1. The Morgan fingerprint density at radius 1 is 1.45 bits per heavy atom. The molecule has 0 aromatic carbocycles. The lowest BCUT2D eigenvalue weighted by Crippen LogP contribution is -2.04. The summed E-state index contributed by atoms with van der Waals surface area (Å²) < 4.78 is 5.14. The normalized spacial score (nSPS) is 10.9. The first-order valence-corrected chi connectivity index (χ1v) is 3.77. The maximum Gasteiger partial charge on any atom is 0.229 e. The highest BCUT2D eigenvalue weighted by atomic mass is 16.6. The first kappa shape index (κ1) is 10.0. The topological polar surface area (TPSA) is 30.8 Å². The van der Waals surface area contributed by atoms with Crippen LogP contribution in [-0.4, -0.2) is 19.1 Å². The van der Waals surface area contributed by atoms with Crippen molar-refractivity contribution in [2.24, 2.45) is 5.16 Å². The van der Waals surface area contributed by atoms with Crippen molar-refractivity contribution in [1.29, 1.82) is 0 Å². The molecule has 3 heteroatoms. The average Bonchev–Trinajstić information content (AvgIpc) is 2.01. The molecule has 0 N–H and O–H groups in total. The van der Waals surface area contributed by atoms with Gasteiger partial charge in [-0.25, -0.2) is 0 Å². The molecule has 0 spiro atoms. The standard InChI is InChI=1S/C8H15NO2/c1-4-7-8(10-5-2)9-11-6-3/h4H,1,5-7H2,2-3H3/b9-8-. The SMILES string of the molecule is C=CC/C(=N/OCC)OCC. The highest BCUT2D eigenvalue weighted by Crippen LogP contribution is 1.92. The Labute approximate surface area is 67.7 Å². The van der Waals surface area contributed by atoms with E-state index in [0.717, 1.165) is 0 Å². The van der Waals surface area contributed by atoms with Gasteiger partial charge in [-0.1, -0.05) is 11.2 Å². The van der Waals surface area contributed by atoms with E-state index < -0.39 is 0 Å². The summed E-state index contributed by atoms with van der Waals surface area (Å²) in [5.74, 6) is 0.587. The molecule has 0 aliphatic rings. The molecule has 0 amide bonds. The Bertz CT molecular complexity index is 132. The van der Waals surface area contributed by atoms with Gasteiger partial charge in [-0.2, -0.15) is 0 Å². The second kappa shape index (κ2) is 7.12. The number of oxime groups is 1. The summed E-state index contributed by atoms with van der Waals surface area (Å²) in [6.07, 6.45) is 2.35. The van der Waals surface area contributed by atoms with Crippen LogP contribution in [0.2, 0.25) is 0 Å². The first-order chi connectivity index (χ1) is 5.35. The highest BCUT2D eigenvalue weighted by molar-refractivity contribution is 5.76. The molecule has 0 saturated carbocycles. The Morgan fingerprint density at radius 2 is 2.18 bits per heavy atom. The van der Waals surface area contributed by atoms with E-state index in [4.69, 9.17) is 9.57 Å². The number of hydrogen-bond acceptors (Lipinski definition) is 3. The predicted octanol–water partition coefficient (Wildman–Crippen LogP) is 1.95. The second-order valence-corrected chi connectivity index (χ2v) is 1.83. The molecule has 11 heavy (non-hydrogen) atoms. The summed E-state index contributed by atoms with van der Waals surface area (Å²) in [6.45, 7) is 8.53.